The number of ether oxygens (including phenoxy) is 1. The van der Waals surface area contributed by atoms with Crippen molar-refractivity contribution in [2.24, 2.45) is 0 Å². The van der Waals surface area contributed by atoms with Gasteiger partial charge in [-0.1, -0.05) is 24.3 Å². The molecule has 0 radical (unpaired) electrons. The van der Waals surface area contributed by atoms with Crippen molar-refractivity contribution in [3.8, 4) is 0 Å². The molecule has 0 N–H and O–H groups in total. The SMILES string of the molecule is COC(=O)c1ccc(/C=C/C(=O)N(C)C(C)c2ccc(F)cc2)cc1. The van der Waals surface area contributed by atoms with E-state index < -0.39 is 5.97 Å². The summed E-state index contributed by atoms with van der Waals surface area (Å²) < 4.78 is 17.6. The number of carbonyl (C=O) groups excluding carboxylic acids is 2. The lowest BCUT2D eigenvalue weighted by Gasteiger charge is -2.24. The summed E-state index contributed by atoms with van der Waals surface area (Å²) in [6, 6.07) is 12.7. The number of nitrogens with zero attached hydrogens (tertiary/aromatic N) is 1. The van der Waals surface area contributed by atoms with Gasteiger partial charge >= 0.3 is 5.97 Å². The molecule has 0 aliphatic rings. The molecule has 4 nitrogen and oxygen atoms in total. The summed E-state index contributed by atoms with van der Waals surface area (Å²) in [7, 11) is 3.02. The van der Waals surface area contributed by atoms with Crippen LogP contribution in [0.2, 0.25) is 0 Å². The third kappa shape index (κ3) is 4.76. The Morgan fingerprint density at radius 3 is 2.24 bits per heavy atom. The van der Waals surface area contributed by atoms with Gasteiger partial charge < -0.3 is 9.64 Å². The lowest BCUT2D eigenvalue weighted by molar-refractivity contribution is -0.126. The lowest BCUT2D eigenvalue weighted by Crippen LogP contribution is -2.27. The summed E-state index contributed by atoms with van der Waals surface area (Å²) in [6.45, 7) is 1.88. The van der Waals surface area contributed by atoms with Crippen LogP contribution in [-0.2, 0) is 9.53 Å². The highest BCUT2D eigenvalue weighted by Crippen LogP contribution is 2.19. The number of halogens is 1. The average molecular weight is 341 g/mol. The van der Waals surface area contributed by atoms with Crippen LogP contribution in [0.15, 0.2) is 54.6 Å². The van der Waals surface area contributed by atoms with Gasteiger partial charge in [0.25, 0.3) is 0 Å². The van der Waals surface area contributed by atoms with Gasteiger partial charge in [0.15, 0.2) is 0 Å². The molecule has 0 saturated heterocycles. The largest absolute Gasteiger partial charge is 0.465 e. The molecule has 0 heterocycles. The zero-order chi connectivity index (χ0) is 18.4. The van der Waals surface area contributed by atoms with Crippen LogP contribution in [0.25, 0.3) is 6.08 Å². The Morgan fingerprint density at radius 2 is 1.68 bits per heavy atom. The van der Waals surface area contributed by atoms with Crippen LogP contribution in [-0.4, -0.2) is 30.9 Å². The summed E-state index contributed by atoms with van der Waals surface area (Å²) >= 11 is 0. The highest BCUT2D eigenvalue weighted by Gasteiger charge is 2.15. The summed E-state index contributed by atoms with van der Waals surface area (Å²) in [5, 5.41) is 0. The molecule has 130 valence electrons. The smallest absolute Gasteiger partial charge is 0.337 e. The molecule has 0 aliphatic carbocycles. The first-order chi connectivity index (χ1) is 11.9. The number of carbonyl (C=O) groups is 2. The van der Waals surface area contributed by atoms with E-state index in [1.165, 1.54) is 25.3 Å². The molecule has 0 aliphatic heterocycles. The van der Waals surface area contributed by atoms with E-state index in [4.69, 9.17) is 0 Å². The molecular formula is C20H20FNO3. The van der Waals surface area contributed by atoms with Crippen molar-refractivity contribution >= 4 is 18.0 Å². The van der Waals surface area contributed by atoms with E-state index in [-0.39, 0.29) is 17.8 Å². The molecule has 25 heavy (non-hydrogen) atoms. The number of hydrogen-bond acceptors (Lipinski definition) is 3. The number of rotatable bonds is 5. The quantitative estimate of drug-likeness (QED) is 0.613. The number of methoxy groups -OCH3 is 1. The van der Waals surface area contributed by atoms with Crippen molar-refractivity contribution in [3.63, 3.8) is 0 Å². The van der Waals surface area contributed by atoms with E-state index in [0.29, 0.717) is 5.56 Å². The molecule has 1 amide bonds. The summed E-state index contributed by atoms with van der Waals surface area (Å²) in [4.78, 5) is 25.3. The van der Waals surface area contributed by atoms with E-state index in [0.717, 1.165) is 11.1 Å². The van der Waals surface area contributed by atoms with Crippen molar-refractivity contribution in [2.75, 3.05) is 14.2 Å². The molecule has 0 bridgehead atoms. The zero-order valence-corrected chi connectivity index (χ0v) is 14.4. The highest BCUT2D eigenvalue weighted by molar-refractivity contribution is 5.92. The Morgan fingerprint density at radius 1 is 1.08 bits per heavy atom. The molecule has 2 rings (SSSR count). The van der Waals surface area contributed by atoms with Gasteiger partial charge in [0, 0.05) is 13.1 Å². The fraction of sp³-hybridized carbons (Fsp3) is 0.200. The van der Waals surface area contributed by atoms with E-state index in [2.05, 4.69) is 4.74 Å². The summed E-state index contributed by atoms with van der Waals surface area (Å²) in [5.74, 6) is -0.881. The third-order valence-corrected chi connectivity index (χ3v) is 4.03. The second-order valence-electron chi connectivity index (χ2n) is 5.62. The molecule has 1 unspecified atom stereocenters. The monoisotopic (exact) mass is 341 g/mol. The first kappa shape index (κ1) is 18.4. The Balaban J connectivity index is 2.03. The van der Waals surface area contributed by atoms with E-state index in [1.807, 2.05) is 6.92 Å². The van der Waals surface area contributed by atoms with Crippen molar-refractivity contribution in [3.05, 3.63) is 77.1 Å². The lowest BCUT2D eigenvalue weighted by atomic mass is 10.1. The molecule has 0 aromatic heterocycles. The van der Waals surface area contributed by atoms with Crippen molar-refractivity contribution in [1.82, 2.24) is 4.90 Å². The zero-order valence-electron chi connectivity index (χ0n) is 14.4. The second kappa shape index (κ2) is 8.24. The van der Waals surface area contributed by atoms with E-state index in [9.17, 15) is 14.0 Å². The van der Waals surface area contributed by atoms with Crippen LogP contribution in [0.3, 0.4) is 0 Å². The Kier molecular flexibility index (Phi) is 6.06. The minimum Gasteiger partial charge on any atom is -0.465 e. The first-order valence-corrected chi connectivity index (χ1v) is 7.81. The van der Waals surface area contributed by atoms with E-state index >= 15 is 0 Å². The minimum atomic E-state index is -0.403. The van der Waals surface area contributed by atoms with Crippen molar-refractivity contribution < 1.29 is 18.7 Å². The van der Waals surface area contributed by atoms with Crippen LogP contribution < -0.4 is 0 Å². The van der Waals surface area contributed by atoms with Crippen LogP contribution in [0.5, 0.6) is 0 Å². The fourth-order valence-corrected chi connectivity index (χ4v) is 2.29. The van der Waals surface area contributed by atoms with Crippen molar-refractivity contribution in [2.45, 2.75) is 13.0 Å². The predicted molar refractivity (Wildman–Crippen MR) is 94.4 cm³/mol. The number of esters is 1. The molecular weight excluding hydrogens is 321 g/mol. The maximum absolute atomic E-state index is 13.0. The molecule has 0 spiro atoms. The maximum Gasteiger partial charge on any atom is 0.337 e. The van der Waals surface area contributed by atoms with Gasteiger partial charge in [0.2, 0.25) is 5.91 Å². The molecule has 0 saturated carbocycles. The average Bonchev–Trinajstić information content (AvgIpc) is 2.65. The van der Waals surface area contributed by atoms with Gasteiger partial charge in [-0.25, -0.2) is 9.18 Å². The highest BCUT2D eigenvalue weighted by atomic mass is 19.1. The number of amides is 1. The van der Waals surface area contributed by atoms with E-state index in [1.54, 1.807) is 54.4 Å². The summed E-state index contributed by atoms with van der Waals surface area (Å²) in [5.41, 5.74) is 2.10. The van der Waals surface area contributed by atoms with Gasteiger partial charge in [-0.3, -0.25) is 4.79 Å². The summed E-state index contributed by atoms with van der Waals surface area (Å²) in [6.07, 6.45) is 3.14. The normalized spacial score (nSPS) is 12.0. The van der Waals surface area contributed by atoms with Gasteiger partial charge in [-0.15, -0.1) is 0 Å². The molecule has 0 fully saturated rings. The maximum atomic E-state index is 13.0. The number of hydrogen-bond donors (Lipinski definition) is 0. The van der Waals surface area contributed by atoms with Crippen LogP contribution in [0, 0.1) is 5.82 Å². The molecule has 5 heteroatoms. The molecule has 2 aromatic carbocycles. The second-order valence-corrected chi connectivity index (χ2v) is 5.62. The number of likely N-dealkylation sites (N-methyl/N-ethyl adjacent to an activating group) is 1. The first-order valence-electron chi connectivity index (χ1n) is 7.81. The van der Waals surface area contributed by atoms with Crippen LogP contribution >= 0.6 is 0 Å². The molecule has 1 atom stereocenters. The number of benzene rings is 2. The topological polar surface area (TPSA) is 46.6 Å². The van der Waals surface area contributed by atoms with Gasteiger partial charge in [0.05, 0.1) is 18.7 Å². The minimum absolute atomic E-state index is 0.172. The van der Waals surface area contributed by atoms with Crippen LogP contribution in [0.1, 0.15) is 34.5 Å². The third-order valence-electron chi connectivity index (χ3n) is 4.03. The van der Waals surface area contributed by atoms with Gasteiger partial charge in [0.1, 0.15) is 5.82 Å². The van der Waals surface area contributed by atoms with Crippen molar-refractivity contribution in [1.29, 1.82) is 0 Å². The molecule has 2 aromatic rings. The predicted octanol–water partition coefficient (Wildman–Crippen LogP) is 3.85. The fourth-order valence-electron chi connectivity index (χ4n) is 2.29. The Hall–Kier alpha value is -2.95. The Bertz CT molecular complexity index is 767. The van der Waals surface area contributed by atoms with Gasteiger partial charge in [-0.05, 0) is 48.4 Å². The van der Waals surface area contributed by atoms with Crippen LogP contribution in [0.4, 0.5) is 4.39 Å². The standard InChI is InChI=1S/C20H20FNO3/c1-14(16-9-11-18(21)12-10-16)22(2)19(23)13-6-15-4-7-17(8-5-15)20(24)25-3/h4-14H,1-3H3/b13-6+. The Labute approximate surface area is 146 Å². The van der Waals surface area contributed by atoms with Gasteiger partial charge in [-0.2, -0.15) is 0 Å².